The Hall–Kier alpha value is -3.73. The molecule has 12 heteroatoms. The standard InChI is InChI=1S/C27H31ClN8O3/c1-3-19-14-34(2)22(37)15-35(19)26-31-20-10-21(25-32-27(38)39-33-25)30-23(17-9-18(28)12-29-11-17)24(20)36(26)13-16-7-5-4-6-8-16/h9-12,16,19H,3-8,13-15H2,1-2H3,(H,32,33,38). The first-order valence-corrected chi connectivity index (χ1v) is 13.9. The van der Waals surface area contributed by atoms with Gasteiger partial charge < -0.3 is 14.4 Å². The Morgan fingerprint density at radius 2 is 1.95 bits per heavy atom. The fourth-order valence-corrected chi connectivity index (χ4v) is 6.04. The second-order valence-electron chi connectivity index (χ2n) is 10.5. The molecule has 0 radical (unpaired) electrons. The van der Waals surface area contributed by atoms with Crippen molar-refractivity contribution < 1.29 is 9.32 Å². The lowest BCUT2D eigenvalue weighted by molar-refractivity contribution is -0.130. The minimum atomic E-state index is -0.664. The van der Waals surface area contributed by atoms with E-state index < -0.39 is 5.76 Å². The highest BCUT2D eigenvalue weighted by Gasteiger charge is 2.34. The molecule has 1 unspecified atom stereocenters. The maximum atomic E-state index is 12.9. The van der Waals surface area contributed by atoms with Gasteiger partial charge in [-0.25, -0.2) is 14.8 Å². The van der Waals surface area contributed by atoms with E-state index in [0.29, 0.717) is 34.4 Å². The van der Waals surface area contributed by atoms with Gasteiger partial charge in [-0.1, -0.05) is 42.9 Å². The van der Waals surface area contributed by atoms with Gasteiger partial charge in [0.05, 0.1) is 21.7 Å². The molecule has 1 N–H and O–H groups in total. The number of hydrogen-bond acceptors (Lipinski definition) is 8. The summed E-state index contributed by atoms with van der Waals surface area (Å²) in [5.41, 5.74) is 3.29. The van der Waals surface area contributed by atoms with E-state index in [-0.39, 0.29) is 24.3 Å². The smallest absolute Gasteiger partial charge is 0.342 e. The fraction of sp³-hybridized carbons (Fsp3) is 0.481. The maximum absolute atomic E-state index is 12.9. The molecule has 1 aliphatic carbocycles. The van der Waals surface area contributed by atoms with Gasteiger partial charge in [-0.05, 0) is 37.3 Å². The Kier molecular flexibility index (Phi) is 6.84. The van der Waals surface area contributed by atoms with Crippen LogP contribution >= 0.6 is 11.6 Å². The first-order valence-electron chi connectivity index (χ1n) is 13.5. The highest BCUT2D eigenvalue weighted by molar-refractivity contribution is 6.30. The molecule has 0 aromatic carbocycles. The van der Waals surface area contributed by atoms with E-state index in [2.05, 4.69) is 31.5 Å². The van der Waals surface area contributed by atoms with Crippen LogP contribution in [0.5, 0.6) is 0 Å². The van der Waals surface area contributed by atoms with Gasteiger partial charge in [-0.3, -0.25) is 19.3 Å². The van der Waals surface area contributed by atoms with Crippen molar-refractivity contribution in [3.63, 3.8) is 0 Å². The number of rotatable bonds is 6. The lowest BCUT2D eigenvalue weighted by Crippen LogP contribution is -2.55. The number of anilines is 1. The number of aromatic amines is 1. The van der Waals surface area contributed by atoms with Gasteiger partial charge >= 0.3 is 5.76 Å². The molecule has 4 aromatic rings. The van der Waals surface area contributed by atoms with Crippen LogP contribution in [0.15, 0.2) is 33.8 Å². The highest BCUT2D eigenvalue weighted by Crippen LogP contribution is 2.37. The second kappa shape index (κ2) is 10.4. The molecular weight excluding hydrogens is 520 g/mol. The number of hydrogen-bond donors (Lipinski definition) is 1. The van der Waals surface area contributed by atoms with E-state index in [4.69, 9.17) is 26.1 Å². The third kappa shape index (κ3) is 4.91. The quantitative estimate of drug-likeness (QED) is 0.380. The summed E-state index contributed by atoms with van der Waals surface area (Å²) in [6.07, 6.45) is 10.2. The number of amides is 1. The fourth-order valence-electron chi connectivity index (χ4n) is 5.86. The van der Waals surface area contributed by atoms with Crippen molar-refractivity contribution in [1.82, 2.24) is 34.6 Å². The number of carbonyl (C=O) groups excluding carboxylic acids is 1. The Morgan fingerprint density at radius 3 is 2.67 bits per heavy atom. The van der Waals surface area contributed by atoms with Gasteiger partial charge in [-0.15, -0.1) is 0 Å². The summed E-state index contributed by atoms with van der Waals surface area (Å²) >= 11 is 6.36. The van der Waals surface area contributed by atoms with Gasteiger partial charge in [0.1, 0.15) is 12.2 Å². The third-order valence-electron chi connectivity index (χ3n) is 7.92. The summed E-state index contributed by atoms with van der Waals surface area (Å²) in [6, 6.07) is 3.76. The van der Waals surface area contributed by atoms with E-state index >= 15 is 0 Å². The number of carbonyl (C=O) groups is 1. The summed E-state index contributed by atoms with van der Waals surface area (Å²) in [7, 11) is 1.85. The summed E-state index contributed by atoms with van der Waals surface area (Å²) in [5.74, 6) is 0.864. The number of fused-ring (bicyclic) bond motifs is 1. The largest absolute Gasteiger partial charge is 0.439 e. The number of likely N-dealkylation sites (N-methyl/N-ethyl adjacent to an activating group) is 1. The van der Waals surface area contributed by atoms with E-state index in [9.17, 15) is 9.59 Å². The van der Waals surface area contributed by atoms with Crippen molar-refractivity contribution >= 4 is 34.5 Å². The third-order valence-corrected chi connectivity index (χ3v) is 8.12. The number of nitrogens with one attached hydrogen (secondary N) is 1. The molecule has 1 saturated heterocycles. The van der Waals surface area contributed by atoms with E-state index in [1.807, 2.05) is 19.2 Å². The summed E-state index contributed by atoms with van der Waals surface area (Å²) in [4.78, 5) is 45.5. The van der Waals surface area contributed by atoms with Gasteiger partial charge in [0.2, 0.25) is 17.7 Å². The van der Waals surface area contributed by atoms with Crippen LogP contribution in [0.25, 0.3) is 33.8 Å². The van der Waals surface area contributed by atoms with Crippen molar-refractivity contribution in [3.05, 3.63) is 40.1 Å². The van der Waals surface area contributed by atoms with Crippen molar-refractivity contribution in [2.24, 2.45) is 5.92 Å². The van der Waals surface area contributed by atoms with Crippen LogP contribution in [0.2, 0.25) is 5.02 Å². The summed E-state index contributed by atoms with van der Waals surface area (Å²) in [6.45, 7) is 3.80. The molecule has 11 nitrogen and oxygen atoms in total. The Balaban J connectivity index is 1.60. The topological polar surface area (TPSA) is 126 Å². The Labute approximate surface area is 230 Å². The molecule has 0 bridgehead atoms. The predicted octanol–water partition coefficient (Wildman–Crippen LogP) is 4.13. The van der Waals surface area contributed by atoms with Gasteiger partial charge in [0, 0.05) is 44.1 Å². The van der Waals surface area contributed by atoms with Crippen LogP contribution in [0.3, 0.4) is 0 Å². The summed E-state index contributed by atoms with van der Waals surface area (Å²) < 4.78 is 7.00. The van der Waals surface area contributed by atoms with Crippen LogP contribution in [-0.2, 0) is 11.3 Å². The zero-order chi connectivity index (χ0) is 27.1. The molecule has 1 amide bonds. The van der Waals surface area contributed by atoms with Gasteiger partial charge in [-0.2, -0.15) is 0 Å². The first-order chi connectivity index (χ1) is 18.9. The Bertz CT molecular complexity index is 1570. The van der Waals surface area contributed by atoms with Crippen molar-refractivity contribution in [3.8, 4) is 22.8 Å². The first kappa shape index (κ1) is 25.5. The molecule has 4 aromatic heterocycles. The number of imidazole rings is 1. The maximum Gasteiger partial charge on any atom is 0.439 e. The van der Waals surface area contributed by atoms with E-state index in [1.54, 1.807) is 17.3 Å². The number of pyridine rings is 2. The Morgan fingerprint density at radius 1 is 1.13 bits per heavy atom. The predicted molar refractivity (Wildman–Crippen MR) is 148 cm³/mol. The second-order valence-corrected chi connectivity index (χ2v) is 11.0. The number of nitrogens with zero attached hydrogens (tertiary/aromatic N) is 7. The molecule has 5 heterocycles. The van der Waals surface area contributed by atoms with Gasteiger partial charge in [0.25, 0.3) is 0 Å². The minimum absolute atomic E-state index is 0.0641. The minimum Gasteiger partial charge on any atom is -0.342 e. The lowest BCUT2D eigenvalue weighted by atomic mass is 9.89. The molecule has 0 spiro atoms. The normalized spacial score (nSPS) is 18.8. The average Bonchev–Trinajstić information content (AvgIpc) is 3.53. The van der Waals surface area contributed by atoms with Crippen LogP contribution < -0.4 is 10.7 Å². The monoisotopic (exact) mass is 550 g/mol. The molecule has 1 atom stereocenters. The van der Waals surface area contributed by atoms with Crippen LogP contribution in [-0.4, -0.2) is 66.6 Å². The molecular formula is C27H31ClN8O3. The van der Waals surface area contributed by atoms with Crippen molar-refractivity contribution in [1.29, 1.82) is 0 Å². The molecule has 1 aliphatic heterocycles. The SMILES string of the molecule is CCC1CN(C)C(=O)CN1c1nc2cc(-c3noc(=O)[nH]3)nc(-c3cncc(Cl)c3)c2n1CC1CCCCC1. The van der Waals surface area contributed by atoms with Crippen molar-refractivity contribution in [2.75, 3.05) is 25.0 Å². The van der Waals surface area contributed by atoms with Crippen molar-refractivity contribution in [2.45, 2.75) is 58.0 Å². The molecule has 39 heavy (non-hydrogen) atoms. The molecule has 2 fully saturated rings. The number of piperazine rings is 1. The molecule has 2 aliphatic rings. The van der Waals surface area contributed by atoms with E-state index in [0.717, 1.165) is 42.8 Å². The van der Waals surface area contributed by atoms with Crippen LogP contribution in [0.4, 0.5) is 5.95 Å². The van der Waals surface area contributed by atoms with Crippen LogP contribution in [0.1, 0.15) is 45.4 Å². The zero-order valence-electron chi connectivity index (χ0n) is 22.1. The van der Waals surface area contributed by atoms with Gasteiger partial charge in [0.15, 0.2) is 0 Å². The average molecular weight is 551 g/mol. The van der Waals surface area contributed by atoms with E-state index in [1.165, 1.54) is 19.3 Å². The lowest BCUT2D eigenvalue weighted by Gasteiger charge is -2.40. The number of aromatic nitrogens is 6. The molecule has 6 rings (SSSR count). The molecule has 204 valence electrons. The highest BCUT2D eigenvalue weighted by atomic mass is 35.5. The number of halogens is 1. The zero-order valence-corrected chi connectivity index (χ0v) is 22.8. The number of H-pyrrole nitrogens is 1. The molecule has 1 saturated carbocycles. The summed E-state index contributed by atoms with van der Waals surface area (Å²) in [5, 5.41) is 4.34. The van der Waals surface area contributed by atoms with Crippen LogP contribution in [0, 0.1) is 5.92 Å².